The van der Waals surface area contributed by atoms with E-state index in [1.165, 1.54) is 23.8 Å². The molecule has 4 aromatic rings. The van der Waals surface area contributed by atoms with Crippen molar-refractivity contribution in [3.05, 3.63) is 125 Å². The monoisotopic (exact) mass is 681 g/mol. The maximum absolute atomic E-state index is 13.7. The average Bonchev–Trinajstić information content (AvgIpc) is 3.00. The summed E-state index contributed by atoms with van der Waals surface area (Å²) >= 11 is 0. The van der Waals surface area contributed by atoms with E-state index in [0.29, 0.717) is 12.8 Å². The molecule has 0 aliphatic heterocycles. The highest BCUT2D eigenvalue weighted by Gasteiger charge is 2.38. The lowest BCUT2D eigenvalue weighted by Crippen LogP contribution is -2.67. The zero-order valence-electron chi connectivity index (χ0n) is 27.5. The number of alkyl halides is 9. The van der Waals surface area contributed by atoms with E-state index < -0.39 is 41.4 Å². The van der Waals surface area contributed by atoms with E-state index in [0.717, 1.165) is 78.5 Å². The molecule has 48 heavy (non-hydrogen) atoms. The molecule has 0 heterocycles. The predicted octanol–water partition coefficient (Wildman–Crippen LogP) is 9.69. The van der Waals surface area contributed by atoms with Crippen molar-refractivity contribution in [1.82, 2.24) is 0 Å². The van der Waals surface area contributed by atoms with E-state index >= 15 is 0 Å². The highest BCUT2D eigenvalue weighted by molar-refractivity contribution is 7.11. The van der Waals surface area contributed by atoms with Crippen LogP contribution in [0, 0.1) is 0 Å². The number of hydrogen-bond donors (Lipinski definition) is 0. The Morgan fingerprint density at radius 2 is 0.896 bits per heavy atom. The van der Waals surface area contributed by atoms with Crippen LogP contribution in [-0.2, 0) is 25.1 Å². The van der Waals surface area contributed by atoms with Crippen LogP contribution in [-0.4, -0.2) is 31.8 Å². The van der Waals surface area contributed by atoms with Gasteiger partial charge in [0.05, 0.1) is 44.0 Å². The first-order valence-corrected chi connectivity index (χ1v) is 15.8. The summed E-state index contributed by atoms with van der Waals surface area (Å²) in [5.41, 5.74) is -1.57. The van der Waals surface area contributed by atoms with Crippen molar-refractivity contribution in [2.45, 2.75) is 64.0 Å². The first kappa shape index (κ1) is 38.7. The topological polar surface area (TPSA) is 0 Å². The fourth-order valence-corrected chi connectivity index (χ4v) is 6.15. The van der Waals surface area contributed by atoms with Gasteiger partial charge in [-0.1, -0.05) is 136 Å². The summed E-state index contributed by atoms with van der Waals surface area (Å²) in [7, 11) is 6.60. The summed E-state index contributed by atoms with van der Waals surface area (Å²) in [6.07, 6.45) is -14.2. The van der Waals surface area contributed by atoms with Crippen molar-refractivity contribution in [2.75, 3.05) is 21.1 Å². The Hall–Kier alpha value is -3.73. The van der Waals surface area contributed by atoms with E-state index in [1.54, 1.807) is 0 Å². The lowest BCUT2D eigenvalue weighted by Gasteiger charge is -2.44. The first-order valence-electron chi connectivity index (χ1n) is 15.8. The molecule has 0 saturated carbocycles. The third-order valence-electron chi connectivity index (χ3n) is 8.34. The second-order valence-electron chi connectivity index (χ2n) is 13.2. The molecular weight excluding hydrogens is 640 g/mol. The van der Waals surface area contributed by atoms with Crippen LogP contribution in [0.1, 0.15) is 54.9 Å². The molecule has 0 aromatic heterocycles. The molecule has 0 saturated heterocycles. The van der Waals surface area contributed by atoms with Gasteiger partial charge in [-0.3, -0.25) is 0 Å². The summed E-state index contributed by atoms with van der Waals surface area (Å²) < 4.78 is 124. The minimum atomic E-state index is -4.75. The smallest absolute Gasteiger partial charge is 0.327 e. The highest BCUT2D eigenvalue weighted by atomic mass is 19.4. The largest absolute Gasteiger partial charge is 0.416 e. The molecule has 0 radical (unpaired) electrons. The molecule has 11 heteroatoms. The number of benzene rings is 4. The van der Waals surface area contributed by atoms with Crippen LogP contribution in [0.25, 0.3) is 0 Å². The van der Waals surface area contributed by atoms with Gasteiger partial charge in [0, 0.05) is 5.56 Å². The first-order chi connectivity index (χ1) is 22.3. The van der Waals surface area contributed by atoms with Gasteiger partial charge in [-0.25, -0.2) is 0 Å². The van der Waals surface area contributed by atoms with Gasteiger partial charge in [-0.15, -0.1) is 0 Å². The van der Waals surface area contributed by atoms with Crippen molar-refractivity contribution >= 4 is 22.5 Å². The molecule has 0 amide bonds. The number of quaternary nitrogens is 1. The van der Waals surface area contributed by atoms with Gasteiger partial charge in [0.1, 0.15) is 6.54 Å². The lowest BCUT2D eigenvalue weighted by molar-refractivity contribution is -0.884. The Labute approximate surface area is 276 Å². The lowest BCUT2D eigenvalue weighted by atomic mass is 9.14. The summed E-state index contributed by atoms with van der Waals surface area (Å²) in [4.78, 5) is 0. The van der Waals surface area contributed by atoms with Gasteiger partial charge in [-0.05, 0) is 0 Å². The quantitative estimate of drug-likeness (QED) is 0.0677. The van der Waals surface area contributed by atoms with E-state index in [4.69, 9.17) is 0 Å². The average molecular weight is 682 g/mol. The molecule has 0 fully saturated rings. The zero-order valence-corrected chi connectivity index (χ0v) is 27.5. The SMILES string of the molecule is CCCCCC[B-](c1cccc(C(F)(F)F)c1)(c1cccc(C(F)(F)F)c1)c1cccc(C(F)(F)F)c1.C[N+](C)(C)Cc1ccccc1. The van der Waals surface area contributed by atoms with Crippen molar-refractivity contribution in [3.63, 3.8) is 0 Å². The second-order valence-corrected chi connectivity index (χ2v) is 13.2. The summed E-state index contributed by atoms with van der Waals surface area (Å²) in [6.45, 7) is 3.03. The van der Waals surface area contributed by atoms with Crippen molar-refractivity contribution in [2.24, 2.45) is 0 Å². The molecular formula is C37H41BF9N. The van der Waals surface area contributed by atoms with E-state index in [2.05, 4.69) is 51.5 Å². The van der Waals surface area contributed by atoms with Crippen molar-refractivity contribution in [3.8, 4) is 0 Å². The fraction of sp³-hybridized carbons (Fsp3) is 0.351. The minimum absolute atomic E-state index is 0.0324. The molecule has 4 aromatic carbocycles. The number of halogens is 9. The molecule has 0 unspecified atom stereocenters. The third kappa shape index (κ3) is 10.6. The van der Waals surface area contributed by atoms with Crippen LogP contribution in [0.3, 0.4) is 0 Å². The number of hydrogen-bond acceptors (Lipinski definition) is 0. The fourth-order valence-electron chi connectivity index (χ4n) is 6.15. The zero-order chi connectivity index (χ0) is 35.8. The standard InChI is InChI=1S/C27H25BF9.C10H16N/c1-2-3-4-5-15-28(22-12-6-9-19(16-22)25(29,30)31,23-13-7-10-20(17-23)26(32,33)34)24-14-8-11-21(18-24)27(35,36)37;1-11(2,3)9-10-7-5-4-6-8-10/h6-14,16-18H,2-5,15H2,1H3;4-8H,9H2,1-3H3/q-1;+1. The molecule has 0 spiro atoms. The van der Waals surface area contributed by atoms with Gasteiger partial charge >= 0.3 is 18.5 Å². The number of nitrogens with zero attached hydrogens (tertiary/aromatic N) is 1. The molecule has 1 nitrogen and oxygen atoms in total. The van der Waals surface area contributed by atoms with Gasteiger partial charge in [-0.2, -0.15) is 62.2 Å². The van der Waals surface area contributed by atoms with Crippen LogP contribution in [0.15, 0.2) is 103 Å². The minimum Gasteiger partial charge on any atom is -0.327 e. The van der Waals surface area contributed by atoms with Crippen LogP contribution in [0.2, 0.25) is 6.32 Å². The Morgan fingerprint density at radius 3 is 1.23 bits per heavy atom. The maximum Gasteiger partial charge on any atom is 0.416 e. The number of rotatable bonds is 10. The summed E-state index contributed by atoms with van der Waals surface area (Å²) in [5.74, 6) is 0. The van der Waals surface area contributed by atoms with Gasteiger partial charge < -0.3 is 4.48 Å². The maximum atomic E-state index is 13.7. The van der Waals surface area contributed by atoms with Gasteiger partial charge in [0.2, 0.25) is 0 Å². The van der Waals surface area contributed by atoms with Gasteiger partial charge in [0.15, 0.2) is 0 Å². The molecule has 260 valence electrons. The molecule has 0 bridgehead atoms. The van der Waals surface area contributed by atoms with Crippen LogP contribution in [0.5, 0.6) is 0 Å². The van der Waals surface area contributed by atoms with E-state index in [-0.39, 0.29) is 22.7 Å². The van der Waals surface area contributed by atoms with Crippen molar-refractivity contribution < 1.29 is 44.0 Å². The van der Waals surface area contributed by atoms with E-state index in [1.807, 2.05) is 6.92 Å². The molecule has 0 atom stereocenters. The highest BCUT2D eigenvalue weighted by Crippen LogP contribution is 2.33. The summed E-state index contributed by atoms with van der Waals surface area (Å²) in [6, 6.07) is 23.1. The normalized spacial score (nSPS) is 12.8. The van der Waals surface area contributed by atoms with Crippen LogP contribution in [0.4, 0.5) is 39.5 Å². The number of unbranched alkanes of at least 4 members (excludes halogenated alkanes) is 3. The summed E-state index contributed by atoms with van der Waals surface area (Å²) in [5, 5.41) is 0. The molecule has 0 aliphatic carbocycles. The predicted molar refractivity (Wildman–Crippen MR) is 176 cm³/mol. The second kappa shape index (κ2) is 15.7. The van der Waals surface area contributed by atoms with E-state index in [9.17, 15) is 39.5 Å². The Balaban J connectivity index is 0.000000480. The molecule has 0 N–H and O–H groups in total. The van der Waals surface area contributed by atoms with Gasteiger partial charge in [0.25, 0.3) is 0 Å². The third-order valence-corrected chi connectivity index (χ3v) is 8.34. The Morgan fingerprint density at radius 1 is 0.500 bits per heavy atom. The van der Waals surface area contributed by atoms with Crippen LogP contribution >= 0.6 is 0 Å². The van der Waals surface area contributed by atoms with Crippen molar-refractivity contribution in [1.29, 1.82) is 0 Å². The Kier molecular flexibility index (Phi) is 12.6. The van der Waals surface area contributed by atoms with Crippen LogP contribution < -0.4 is 16.4 Å². The molecule has 0 aliphatic rings. The Bertz CT molecular complexity index is 1450. The molecule has 4 rings (SSSR count).